The van der Waals surface area contributed by atoms with Crippen LogP contribution in [-0.2, 0) is 4.79 Å². The van der Waals surface area contributed by atoms with Gasteiger partial charge in [-0.3, -0.25) is 9.59 Å². The molecule has 0 saturated heterocycles. The lowest BCUT2D eigenvalue weighted by Crippen LogP contribution is -2.41. The smallest absolute Gasteiger partial charge is 0.255 e. The summed E-state index contributed by atoms with van der Waals surface area (Å²) in [5.41, 5.74) is 6.62. The summed E-state index contributed by atoms with van der Waals surface area (Å²) in [5, 5.41) is 27.1. The minimum atomic E-state index is -0.576. The summed E-state index contributed by atoms with van der Waals surface area (Å²) in [5.74, 6) is -0.286. The molecule has 2 amide bonds. The van der Waals surface area contributed by atoms with Crippen LogP contribution in [0.2, 0.25) is 5.02 Å². The van der Waals surface area contributed by atoms with E-state index in [4.69, 9.17) is 17.0 Å². The van der Waals surface area contributed by atoms with Gasteiger partial charge in [0.15, 0.2) is 5.84 Å². The van der Waals surface area contributed by atoms with Crippen molar-refractivity contribution in [2.24, 2.45) is 5.10 Å². The van der Waals surface area contributed by atoms with Crippen LogP contribution in [0.1, 0.15) is 46.1 Å². The maximum atomic E-state index is 13.4. The number of hydrogen-bond acceptors (Lipinski definition) is 8. The lowest BCUT2D eigenvalue weighted by atomic mass is 10.0. The number of aliphatic hydroxyl groups excluding tert-OH is 1. The monoisotopic (exact) mass is 548 g/mol. The van der Waals surface area contributed by atoms with Crippen LogP contribution in [0.5, 0.6) is 0 Å². The number of carbonyl (C=O) groups excluding carboxylic acids is 2. The molecule has 12 heteroatoms. The second kappa shape index (κ2) is 12.0. The standard InChI is InChI=1S/C27H29ClN8O3/c1-15-5-4-6-17(9-15)22(14-37)32-24(38)13-36-16(2)19-8-7-18(10-20(19)26(36)39)25-21(28)12-31-27(34-25)33-23(11-29)35-30-3/h4-12,16,22,29-30,37H,13-14H2,1-3H3,(H,32,38)(H,31,33,34,35)/t16?,22-/m1/s1. The first-order valence-corrected chi connectivity index (χ1v) is 12.6. The Hall–Kier alpha value is -4.35. The summed E-state index contributed by atoms with van der Waals surface area (Å²) < 4.78 is 0. The van der Waals surface area contributed by atoms with Crippen molar-refractivity contribution < 1.29 is 14.7 Å². The van der Waals surface area contributed by atoms with E-state index in [0.717, 1.165) is 22.9 Å². The molecule has 5 N–H and O–H groups in total. The molecule has 1 aliphatic rings. The first-order valence-electron chi connectivity index (χ1n) is 12.2. The number of hydrazone groups is 1. The largest absolute Gasteiger partial charge is 0.394 e. The van der Waals surface area contributed by atoms with Crippen molar-refractivity contribution in [3.63, 3.8) is 0 Å². The average molecular weight is 549 g/mol. The summed E-state index contributed by atoms with van der Waals surface area (Å²) in [6.07, 6.45) is 2.44. The third-order valence-corrected chi connectivity index (χ3v) is 6.64. The normalized spacial score (nSPS) is 15.5. The number of nitrogens with one attached hydrogen (secondary N) is 4. The van der Waals surface area contributed by atoms with Crippen LogP contribution in [0.4, 0.5) is 5.95 Å². The van der Waals surface area contributed by atoms with E-state index in [-0.39, 0.29) is 47.8 Å². The molecule has 2 aromatic carbocycles. The SMILES string of the molecule is CN/N=C(\C=N)Nc1ncc(Cl)c(-c2ccc3c(c2)C(=O)N(CC(=O)N[C@H](CO)c2cccc(C)c2)C3C)n1. The fourth-order valence-electron chi connectivity index (χ4n) is 4.44. The molecule has 202 valence electrons. The topological polar surface area (TPSA) is 156 Å². The number of rotatable bonds is 9. The minimum absolute atomic E-state index is 0.161. The molecule has 0 saturated carbocycles. The first kappa shape index (κ1) is 27.7. The third-order valence-electron chi connectivity index (χ3n) is 6.36. The van der Waals surface area contributed by atoms with E-state index in [1.165, 1.54) is 11.1 Å². The molecule has 2 heterocycles. The van der Waals surface area contributed by atoms with Gasteiger partial charge in [0, 0.05) is 18.2 Å². The van der Waals surface area contributed by atoms with Gasteiger partial charge in [-0.1, -0.05) is 53.6 Å². The van der Waals surface area contributed by atoms with Crippen molar-refractivity contribution in [3.05, 3.63) is 75.9 Å². The van der Waals surface area contributed by atoms with Gasteiger partial charge in [0.1, 0.15) is 6.54 Å². The third kappa shape index (κ3) is 6.05. The zero-order valence-corrected chi connectivity index (χ0v) is 22.5. The van der Waals surface area contributed by atoms with Crippen molar-refractivity contribution >= 4 is 41.4 Å². The maximum Gasteiger partial charge on any atom is 0.255 e. The second-order valence-electron chi connectivity index (χ2n) is 9.01. The fourth-order valence-corrected chi connectivity index (χ4v) is 4.64. The van der Waals surface area contributed by atoms with E-state index in [1.54, 1.807) is 13.1 Å². The molecule has 0 spiro atoms. The average Bonchev–Trinajstić information content (AvgIpc) is 3.16. The Morgan fingerprint density at radius 2 is 2.10 bits per heavy atom. The molecule has 0 fully saturated rings. The van der Waals surface area contributed by atoms with Gasteiger partial charge in [-0.2, -0.15) is 5.10 Å². The Morgan fingerprint density at radius 3 is 2.79 bits per heavy atom. The van der Waals surface area contributed by atoms with Crippen LogP contribution in [0, 0.1) is 12.3 Å². The highest BCUT2D eigenvalue weighted by molar-refractivity contribution is 6.34. The first-order chi connectivity index (χ1) is 18.7. The molecular weight excluding hydrogens is 520 g/mol. The number of aliphatic hydroxyl groups is 1. The summed E-state index contributed by atoms with van der Waals surface area (Å²) in [6.45, 7) is 3.38. The van der Waals surface area contributed by atoms with Crippen LogP contribution in [-0.4, -0.2) is 64.0 Å². The zero-order chi connectivity index (χ0) is 28.1. The number of aryl methyl sites for hydroxylation is 1. The van der Waals surface area contributed by atoms with Gasteiger partial charge in [0.05, 0.1) is 41.8 Å². The van der Waals surface area contributed by atoms with Gasteiger partial charge in [0.2, 0.25) is 11.9 Å². The molecule has 1 aliphatic heterocycles. The highest BCUT2D eigenvalue weighted by atomic mass is 35.5. The van der Waals surface area contributed by atoms with Gasteiger partial charge in [0.25, 0.3) is 5.91 Å². The predicted molar refractivity (Wildman–Crippen MR) is 150 cm³/mol. The zero-order valence-electron chi connectivity index (χ0n) is 21.7. The van der Waals surface area contributed by atoms with E-state index in [9.17, 15) is 14.7 Å². The van der Waals surface area contributed by atoms with E-state index >= 15 is 0 Å². The Bertz CT molecular complexity index is 1440. The van der Waals surface area contributed by atoms with Gasteiger partial charge in [-0.05, 0) is 31.0 Å². The number of fused-ring (bicyclic) bond motifs is 1. The van der Waals surface area contributed by atoms with Crippen LogP contribution in [0.25, 0.3) is 11.3 Å². The highest BCUT2D eigenvalue weighted by Gasteiger charge is 2.35. The molecule has 2 atom stereocenters. The Balaban J connectivity index is 1.53. The van der Waals surface area contributed by atoms with Gasteiger partial charge >= 0.3 is 0 Å². The number of hydrogen-bond donors (Lipinski definition) is 5. The summed E-state index contributed by atoms with van der Waals surface area (Å²) >= 11 is 6.39. The molecule has 4 rings (SSSR count). The number of amidine groups is 1. The number of amides is 2. The van der Waals surface area contributed by atoms with Crippen molar-refractivity contribution in [1.82, 2.24) is 25.6 Å². The Kier molecular flexibility index (Phi) is 8.52. The van der Waals surface area contributed by atoms with Crippen LogP contribution in [0.15, 0.2) is 53.8 Å². The van der Waals surface area contributed by atoms with E-state index < -0.39 is 6.04 Å². The maximum absolute atomic E-state index is 13.4. The predicted octanol–water partition coefficient (Wildman–Crippen LogP) is 3.07. The summed E-state index contributed by atoms with van der Waals surface area (Å²) in [4.78, 5) is 36.4. The molecule has 0 aliphatic carbocycles. The molecule has 39 heavy (non-hydrogen) atoms. The Labute approximate surface area is 230 Å². The molecule has 1 unspecified atom stereocenters. The van der Waals surface area contributed by atoms with E-state index in [2.05, 4.69) is 31.1 Å². The minimum Gasteiger partial charge on any atom is -0.394 e. The van der Waals surface area contributed by atoms with Gasteiger partial charge in [-0.15, -0.1) is 0 Å². The van der Waals surface area contributed by atoms with E-state index in [1.807, 2.05) is 50.2 Å². The number of nitrogens with zero attached hydrogens (tertiary/aromatic N) is 4. The van der Waals surface area contributed by atoms with Crippen LogP contribution in [0.3, 0.4) is 0 Å². The molecule has 1 aromatic heterocycles. The quantitative estimate of drug-likeness (QED) is 0.156. The molecule has 0 radical (unpaired) electrons. The summed E-state index contributed by atoms with van der Waals surface area (Å²) in [6, 6.07) is 12.0. The molecule has 11 nitrogen and oxygen atoms in total. The second-order valence-corrected chi connectivity index (χ2v) is 9.42. The van der Waals surface area contributed by atoms with Crippen molar-refractivity contribution in [2.75, 3.05) is 25.5 Å². The van der Waals surface area contributed by atoms with Crippen LogP contribution < -0.4 is 16.1 Å². The molecular formula is C27H29ClN8O3. The lowest BCUT2D eigenvalue weighted by Gasteiger charge is -2.23. The van der Waals surface area contributed by atoms with E-state index in [0.29, 0.717) is 16.8 Å². The molecule has 0 bridgehead atoms. The van der Waals surface area contributed by atoms with Gasteiger partial charge < -0.3 is 31.5 Å². The summed E-state index contributed by atoms with van der Waals surface area (Å²) in [7, 11) is 1.60. The van der Waals surface area contributed by atoms with Crippen molar-refractivity contribution in [3.8, 4) is 11.3 Å². The number of benzene rings is 2. The number of halogens is 1. The number of carbonyl (C=O) groups is 2. The Morgan fingerprint density at radius 1 is 1.31 bits per heavy atom. The van der Waals surface area contributed by atoms with Crippen molar-refractivity contribution in [2.45, 2.75) is 25.9 Å². The molecule has 3 aromatic rings. The van der Waals surface area contributed by atoms with Crippen molar-refractivity contribution in [1.29, 1.82) is 5.41 Å². The van der Waals surface area contributed by atoms with Gasteiger partial charge in [-0.25, -0.2) is 9.97 Å². The number of aromatic nitrogens is 2. The number of anilines is 1. The van der Waals surface area contributed by atoms with Crippen LogP contribution >= 0.6 is 11.6 Å². The lowest BCUT2D eigenvalue weighted by molar-refractivity contribution is -0.123. The highest BCUT2D eigenvalue weighted by Crippen LogP contribution is 2.36. The fraction of sp³-hybridized carbons (Fsp3) is 0.259.